The number of aromatic hydroxyl groups is 1. The van der Waals surface area contributed by atoms with Crippen molar-refractivity contribution in [1.82, 2.24) is 10.2 Å². The zero-order chi connectivity index (χ0) is 25.4. The van der Waals surface area contributed by atoms with Gasteiger partial charge in [0.05, 0.1) is 30.9 Å². The Kier molecular flexibility index (Phi) is 7.11. The molecule has 35 heavy (non-hydrogen) atoms. The molecular formula is C26H35FN2O6. The summed E-state index contributed by atoms with van der Waals surface area (Å²) in [6.45, 7) is 7.91. The lowest BCUT2D eigenvalue weighted by Crippen LogP contribution is -2.65. The number of para-hydroxylation sites is 1. The number of morpholine rings is 1. The number of nitrogens with one attached hydrogen (secondary N) is 1. The lowest BCUT2D eigenvalue weighted by atomic mass is 9.88. The van der Waals surface area contributed by atoms with Gasteiger partial charge in [0.25, 0.3) is 0 Å². The van der Waals surface area contributed by atoms with Crippen LogP contribution in [0.1, 0.15) is 58.9 Å². The van der Waals surface area contributed by atoms with Gasteiger partial charge in [-0.15, -0.1) is 0 Å². The fraction of sp³-hybridized carbons (Fsp3) is 0.615. The van der Waals surface area contributed by atoms with Crippen LogP contribution in [0.2, 0.25) is 0 Å². The minimum absolute atomic E-state index is 0.000726. The number of hydrogen-bond donors (Lipinski definition) is 2. The lowest BCUT2D eigenvalue weighted by molar-refractivity contribution is -0.137. The number of allylic oxidation sites excluding steroid dienone is 1. The van der Waals surface area contributed by atoms with Crippen molar-refractivity contribution in [3.05, 3.63) is 35.7 Å². The van der Waals surface area contributed by atoms with Crippen molar-refractivity contribution >= 4 is 17.6 Å². The Balaban J connectivity index is 1.48. The fourth-order valence-corrected chi connectivity index (χ4v) is 5.37. The van der Waals surface area contributed by atoms with E-state index in [4.69, 9.17) is 14.2 Å². The number of carbonyl (C=O) groups is 2. The number of hydrogen-bond acceptors (Lipinski definition) is 6. The van der Waals surface area contributed by atoms with E-state index in [0.29, 0.717) is 37.9 Å². The minimum Gasteiger partial charge on any atom is -0.504 e. The van der Waals surface area contributed by atoms with Crippen molar-refractivity contribution in [1.29, 1.82) is 0 Å². The van der Waals surface area contributed by atoms with Crippen LogP contribution in [-0.2, 0) is 19.0 Å². The zero-order valence-corrected chi connectivity index (χ0v) is 20.8. The highest BCUT2D eigenvalue weighted by atomic mass is 19.1. The Morgan fingerprint density at radius 2 is 2.14 bits per heavy atom. The molecule has 1 aromatic rings. The predicted molar refractivity (Wildman–Crippen MR) is 127 cm³/mol. The predicted octanol–water partition coefficient (Wildman–Crippen LogP) is 3.77. The van der Waals surface area contributed by atoms with E-state index in [1.165, 1.54) is 6.07 Å². The van der Waals surface area contributed by atoms with Gasteiger partial charge in [0, 0.05) is 11.6 Å². The van der Waals surface area contributed by atoms with Crippen LogP contribution in [0.4, 0.5) is 9.18 Å². The molecule has 0 saturated carbocycles. The molecule has 2 amide bonds. The molecule has 1 aliphatic carbocycles. The molecule has 0 bridgehead atoms. The molecule has 4 atom stereocenters. The van der Waals surface area contributed by atoms with Crippen molar-refractivity contribution in [3.63, 3.8) is 0 Å². The number of nitrogens with zero attached hydrogens (tertiary/aromatic N) is 1. The van der Waals surface area contributed by atoms with E-state index in [2.05, 4.69) is 5.32 Å². The second-order valence-electron chi connectivity index (χ2n) is 10.7. The van der Waals surface area contributed by atoms with Crippen molar-refractivity contribution in [2.75, 3.05) is 19.8 Å². The molecule has 3 aliphatic rings. The van der Waals surface area contributed by atoms with Crippen LogP contribution in [0.15, 0.2) is 24.3 Å². The molecule has 2 aliphatic heterocycles. The van der Waals surface area contributed by atoms with Gasteiger partial charge in [-0.05, 0) is 65.0 Å². The Hall–Kier alpha value is -2.65. The molecule has 2 saturated heterocycles. The Morgan fingerprint density at radius 3 is 2.80 bits per heavy atom. The molecule has 2 fully saturated rings. The number of carbonyl (C=O) groups excluding carboxylic acids is 2. The number of halogens is 1. The number of benzene rings is 1. The van der Waals surface area contributed by atoms with Gasteiger partial charge in [0.15, 0.2) is 11.6 Å². The topological polar surface area (TPSA) is 97.3 Å². The first-order chi connectivity index (χ1) is 16.5. The number of phenols is 1. The maximum atomic E-state index is 13.8. The average molecular weight is 491 g/mol. The fourth-order valence-electron chi connectivity index (χ4n) is 5.37. The van der Waals surface area contributed by atoms with Gasteiger partial charge < -0.3 is 24.6 Å². The second kappa shape index (κ2) is 9.78. The SMILES string of the molecule is C[C@@H]1CC2(COCC(=O)N2)C(COC2CC=C(c3cccc(F)c3O)CC2)N1C(=O)OC(C)(C)C. The molecule has 8 nitrogen and oxygen atoms in total. The third-order valence-corrected chi connectivity index (χ3v) is 6.88. The normalized spacial score (nSPS) is 29.2. The summed E-state index contributed by atoms with van der Waals surface area (Å²) in [5, 5.41) is 13.1. The van der Waals surface area contributed by atoms with E-state index >= 15 is 0 Å². The number of rotatable bonds is 4. The van der Waals surface area contributed by atoms with Crippen molar-refractivity contribution in [2.24, 2.45) is 0 Å². The monoisotopic (exact) mass is 490 g/mol. The van der Waals surface area contributed by atoms with E-state index in [9.17, 15) is 19.1 Å². The Labute approximate surface area is 205 Å². The first-order valence-corrected chi connectivity index (χ1v) is 12.2. The van der Waals surface area contributed by atoms with Gasteiger partial charge >= 0.3 is 6.09 Å². The summed E-state index contributed by atoms with van der Waals surface area (Å²) in [6.07, 6.45) is 3.86. The molecule has 3 unspecified atom stereocenters. The van der Waals surface area contributed by atoms with Crippen molar-refractivity contribution < 1.29 is 33.3 Å². The van der Waals surface area contributed by atoms with Crippen LogP contribution in [0.5, 0.6) is 5.75 Å². The number of amides is 2. The maximum absolute atomic E-state index is 13.8. The number of ether oxygens (including phenoxy) is 3. The van der Waals surface area contributed by atoms with E-state index in [-0.39, 0.29) is 37.0 Å². The van der Waals surface area contributed by atoms with Crippen molar-refractivity contribution in [2.45, 2.75) is 82.7 Å². The summed E-state index contributed by atoms with van der Waals surface area (Å²) >= 11 is 0. The molecule has 0 radical (unpaired) electrons. The number of likely N-dealkylation sites (tertiary alicyclic amines) is 1. The maximum Gasteiger partial charge on any atom is 0.410 e. The van der Waals surface area contributed by atoms with E-state index in [1.54, 1.807) is 17.0 Å². The van der Waals surface area contributed by atoms with Crippen LogP contribution in [0.25, 0.3) is 5.57 Å². The lowest BCUT2D eigenvalue weighted by Gasteiger charge is -2.41. The van der Waals surface area contributed by atoms with Gasteiger partial charge in [-0.2, -0.15) is 0 Å². The summed E-state index contributed by atoms with van der Waals surface area (Å²) < 4.78 is 31.3. The van der Waals surface area contributed by atoms with Crippen LogP contribution in [0, 0.1) is 5.82 Å². The molecule has 4 rings (SSSR count). The first-order valence-electron chi connectivity index (χ1n) is 12.2. The molecule has 2 heterocycles. The molecular weight excluding hydrogens is 455 g/mol. The zero-order valence-electron chi connectivity index (χ0n) is 20.8. The summed E-state index contributed by atoms with van der Waals surface area (Å²) in [7, 11) is 0. The summed E-state index contributed by atoms with van der Waals surface area (Å²) in [6, 6.07) is 3.90. The minimum atomic E-state index is -0.741. The molecule has 1 aromatic carbocycles. The Morgan fingerprint density at radius 1 is 1.37 bits per heavy atom. The highest BCUT2D eigenvalue weighted by Gasteiger charge is 2.56. The third kappa shape index (κ3) is 5.46. The standard InChI is InChI=1S/C26H35FN2O6/c1-16-12-26(15-33-14-22(30)28-26)21(29(16)24(32)35-25(2,3)4)13-34-18-10-8-17(9-11-18)19-6-5-7-20(27)23(19)31/h5-8,16,18,21,31H,9-15H2,1-4H3,(H,28,30)/t16-,18?,21?,26?/m1/s1. The number of phenolic OH excluding ortho intramolecular Hbond substituents is 1. The van der Waals surface area contributed by atoms with E-state index in [1.807, 2.05) is 33.8 Å². The largest absolute Gasteiger partial charge is 0.504 e. The van der Waals surface area contributed by atoms with Gasteiger partial charge in [-0.3, -0.25) is 9.69 Å². The molecule has 1 spiro atoms. The van der Waals surface area contributed by atoms with Gasteiger partial charge in [-0.1, -0.05) is 18.2 Å². The third-order valence-electron chi connectivity index (χ3n) is 6.88. The quantitative estimate of drug-likeness (QED) is 0.667. The van der Waals surface area contributed by atoms with E-state index in [0.717, 1.165) is 5.57 Å². The Bertz CT molecular complexity index is 1010. The van der Waals surface area contributed by atoms with Crippen LogP contribution in [-0.4, -0.2) is 71.2 Å². The van der Waals surface area contributed by atoms with Gasteiger partial charge in [-0.25, -0.2) is 9.18 Å². The van der Waals surface area contributed by atoms with Crippen LogP contribution >= 0.6 is 0 Å². The highest BCUT2D eigenvalue weighted by Crippen LogP contribution is 2.38. The first kappa shape index (κ1) is 25.4. The van der Waals surface area contributed by atoms with E-state index < -0.39 is 29.1 Å². The average Bonchev–Trinajstić information content (AvgIpc) is 3.03. The highest BCUT2D eigenvalue weighted by molar-refractivity contribution is 5.79. The van der Waals surface area contributed by atoms with Crippen LogP contribution in [0.3, 0.4) is 0 Å². The van der Waals surface area contributed by atoms with Crippen molar-refractivity contribution in [3.8, 4) is 5.75 Å². The molecule has 9 heteroatoms. The summed E-state index contributed by atoms with van der Waals surface area (Å²) in [5.74, 6) is -1.18. The summed E-state index contributed by atoms with van der Waals surface area (Å²) in [5.41, 5.74) is -0.00672. The summed E-state index contributed by atoms with van der Waals surface area (Å²) in [4.78, 5) is 27.0. The van der Waals surface area contributed by atoms with Gasteiger partial charge in [0.2, 0.25) is 5.91 Å². The smallest absolute Gasteiger partial charge is 0.410 e. The molecule has 2 N–H and O–H groups in total. The second-order valence-corrected chi connectivity index (χ2v) is 10.7. The molecule has 192 valence electrons. The van der Waals surface area contributed by atoms with Crippen LogP contribution < -0.4 is 5.32 Å². The van der Waals surface area contributed by atoms with Gasteiger partial charge in [0.1, 0.15) is 12.2 Å². The molecule has 0 aromatic heterocycles.